The van der Waals surface area contributed by atoms with Gasteiger partial charge in [0.15, 0.2) is 0 Å². The lowest BCUT2D eigenvalue weighted by molar-refractivity contribution is 0.160. The van der Waals surface area contributed by atoms with Gasteiger partial charge in [0.2, 0.25) is 0 Å². The maximum Gasteiger partial charge on any atom is 0.322 e. The number of hydrogen-bond acceptors (Lipinski definition) is 3. The Morgan fingerprint density at radius 2 is 2.14 bits per heavy atom. The minimum atomic E-state index is -0.0509. The van der Waals surface area contributed by atoms with Crippen molar-refractivity contribution in [3.8, 4) is 11.5 Å². The van der Waals surface area contributed by atoms with E-state index < -0.39 is 0 Å². The van der Waals surface area contributed by atoms with Crippen LogP contribution in [0.4, 0.5) is 10.5 Å². The second-order valence-electron chi connectivity index (χ2n) is 5.25. The Morgan fingerprint density at radius 3 is 2.81 bits per heavy atom. The summed E-state index contributed by atoms with van der Waals surface area (Å²) in [4.78, 5) is 14.4. The van der Waals surface area contributed by atoms with Gasteiger partial charge in [-0.2, -0.15) is 0 Å². The van der Waals surface area contributed by atoms with Crippen LogP contribution < -0.4 is 14.8 Å². The van der Waals surface area contributed by atoms with Crippen LogP contribution in [0, 0.1) is 0 Å². The summed E-state index contributed by atoms with van der Waals surface area (Å²) in [6.07, 6.45) is 4.36. The van der Waals surface area contributed by atoms with Gasteiger partial charge in [0.05, 0.1) is 19.9 Å². The summed E-state index contributed by atoms with van der Waals surface area (Å²) < 4.78 is 10.5. The number of anilines is 1. The molecule has 1 aliphatic rings. The van der Waals surface area contributed by atoms with E-state index in [0.717, 1.165) is 25.8 Å². The van der Waals surface area contributed by atoms with Crippen molar-refractivity contribution in [2.75, 3.05) is 26.1 Å². The lowest BCUT2D eigenvalue weighted by Gasteiger charge is -2.35. The molecule has 0 bridgehead atoms. The standard InChI is InChI=1S/C16H24N2O3/c1-4-12-7-5-6-10-18(12)16(19)17-14-9-8-13(20-2)11-15(14)21-3/h8-9,11-12H,4-7,10H2,1-3H3,(H,17,19)/t12-/m0/s1. The molecule has 2 rings (SSSR count). The number of rotatable bonds is 4. The normalized spacial score (nSPS) is 18.2. The maximum atomic E-state index is 12.5. The van der Waals surface area contributed by atoms with Gasteiger partial charge < -0.3 is 19.7 Å². The van der Waals surface area contributed by atoms with E-state index in [-0.39, 0.29) is 6.03 Å². The molecule has 1 aromatic carbocycles. The largest absolute Gasteiger partial charge is 0.497 e. The highest BCUT2D eigenvalue weighted by atomic mass is 16.5. The molecule has 1 aliphatic heterocycles. The topological polar surface area (TPSA) is 50.8 Å². The summed E-state index contributed by atoms with van der Waals surface area (Å²) in [6.45, 7) is 2.95. The SMILES string of the molecule is CC[C@H]1CCCCN1C(=O)Nc1ccc(OC)cc1OC. The number of carbonyl (C=O) groups is 1. The zero-order valence-corrected chi connectivity index (χ0v) is 13.0. The first-order chi connectivity index (χ1) is 10.2. The van der Waals surface area contributed by atoms with Crippen LogP contribution in [0.5, 0.6) is 11.5 Å². The Balaban J connectivity index is 2.11. The highest BCUT2D eigenvalue weighted by molar-refractivity contribution is 5.91. The van der Waals surface area contributed by atoms with Crippen molar-refractivity contribution in [3.05, 3.63) is 18.2 Å². The highest BCUT2D eigenvalue weighted by Crippen LogP contribution is 2.30. The number of ether oxygens (including phenoxy) is 2. The molecular formula is C16H24N2O3. The number of hydrogen-bond donors (Lipinski definition) is 1. The monoisotopic (exact) mass is 292 g/mol. The molecule has 1 aromatic rings. The van der Waals surface area contributed by atoms with Crippen LogP contribution in [0.2, 0.25) is 0 Å². The Morgan fingerprint density at radius 1 is 1.33 bits per heavy atom. The third kappa shape index (κ3) is 3.60. The van der Waals surface area contributed by atoms with Gasteiger partial charge in [-0.15, -0.1) is 0 Å². The fourth-order valence-corrected chi connectivity index (χ4v) is 2.78. The van der Waals surface area contributed by atoms with Gasteiger partial charge in [0.25, 0.3) is 0 Å². The number of methoxy groups -OCH3 is 2. The predicted molar refractivity (Wildman–Crippen MR) is 83.2 cm³/mol. The quantitative estimate of drug-likeness (QED) is 0.924. The molecule has 0 radical (unpaired) electrons. The zero-order valence-electron chi connectivity index (χ0n) is 13.0. The predicted octanol–water partition coefficient (Wildman–Crippen LogP) is 3.50. The molecule has 0 aromatic heterocycles. The van der Waals surface area contributed by atoms with Crippen molar-refractivity contribution in [2.45, 2.75) is 38.6 Å². The van der Waals surface area contributed by atoms with Crippen molar-refractivity contribution in [1.82, 2.24) is 4.90 Å². The summed E-state index contributed by atoms with van der Waals surface area (Å²) in [6, 6.07) is 5.67. The number of likely N-dealkylation sites (tertiary alicyclic amines) is 1. The van der Waals surface area contributed by atoms with Crippen LogP contribution in [0.15, 0.2) is 18.2 Å². The molecule has 21 heavy (non-hydrogen) atoms. The van der Waals surface area contributed by atoms with Gasteiger partial charge >= 0.3 is 6.03 Å². The molecule has 5 heteroatoms. The fourth-order valence-electron chi connectivity index (χ4n) is 2.78. The van der Waals surface area contributed by atoms with Crippen molar-refractivity contribution in [2.24, 2.45) is 0 Å². The minimum absolute atomic E-state index is 0.0509. The molecule has 1 saturated heterocycles. The minimum Gasteiger partial charge on any atom is -0.497 e. The van der Waals surface area contributed by atoms with Gasteiger partial charge in [-0.3, -0.25) is 0 Å². The number of carbonyl (C=O) groups excluding carboxylic acids is 1. The van der Waals surface area contributed by atoms with E-state index in [1.807, 2.05) is 11.0 Å². The molecule has 1 heterocycles. The second kappa shape index (κ2) is 7.20. The molecule has 116 valence electrons. The van der Waals surface area contributed by atoms with Crippen LogP contribution in [-0.2, 0) is 0 Å². The molecule has 1 N–H and O–H groups in total. The maximum absolute atomic E-state index is 12.5. The molecule has 1 atom stereocenters. The second-order valence-corrected chi connectivity index (χ2v) is 5.25. The van der Waals surface area contributed by atoms with Crippen LogP contribution in [0.25, 0.3) is 0 Å². The molecule has 1 fully saturated rings. The van der Waals surface area contributed by atoms with E-state index in [4.69, 9.17) is 9.47 Å². The van der Waals surface area contributed by atoms with Crippen molar-refractivity contribution < 1.29 is 14.3 Å². The number of urea groups is 1. The summed E-state index contributed by atoms with van der Waals surface area (Å²) in [5.41, 5.74) is 0.670. The summed E-state index contributed by atoms with van der Waals surface area (Å²) in [5, 5.41) is 2.95. The fraction of sp³-hybridized carbons (Fsp3) is 0.562. The summed E-state index contributed by atoms with van der Waals surface area (Å²) >= 11 is 0. The van der Waals surface area contributed by atoms with E-state index >= 15 is 0 Å². The Hall–Kier alpha value is -1.91. The Bertz CT molecular complexity index is 490. The Labute approximate surface area is 126 Å². The first-order valence-corrected chi connectivity index (χ1v) is 7.49. The van der Waals surface area contributed by atoms with Crippen LogP contribution in [-0.4, -0.2) is 37.7 Å². The van der Waals surface area contributed by atoms with Crippen LogP contribution >= 0.6 is 0 Å². The first kappa shape index (κ1) is 15.5. The number of nitrogens with zero attached hydrogens (tertiary/aromatic N) is 1. The van der Waals surface area contributed by atoms with Crippen LogP contribution in [0.1, 0.15) is 32.6 Å². The van der Waals surface area contributed by atoms with Crippen molar-refractivity contribution in [3.63, 3.8) is 0 Å². The molecule has 0 unspecified atom stereocenters. The van der Waals surface area contributed by atoms with Gasteiger partial charge in [0, 0.05) is 18.7 Å². The van der Waals surface area contributed by atoms with Crippen LogP contribution in [0.3, 0.4) is 0 Å². The van der Waals surface area contributed by atoms with E-state index in [1.54, 1.807) is 26.4 Å². The van der Waals surface area contributed by atoms with Gasteiger partial charge in [-0.1, -0.05) is 6.92 Å². The molecule has 2 amide bonds. The number of nitrogens with one attached hydrogen (secondary N) is 1. The van der Waals surface area contributed by atoms with Gasteiger partial charge in [0.1, 0.15) is 11.5 Å². The smallest absolute Gasteiger partial charge is 0.322 e. The lowest BCUT2D eigenvalue weighted by atomic mass is 10.0. The molecule has 0 saturated carbocycles. The number of amides is 2. The molecule has 5 nitrogen and oxygen atoms in total. The molecular weight excluding hydrogens is 268 g/mol. The van der Waals surface area contributed by atoms with Gasteiger partial charge in [-0.25, -0.2) is 4.79 Å². The van der Waals surface area contributed by atoms with E-state index in [2.05, 4.69) is 12.2 Å². The first-order valence-electron chi connectivity index (χ1n) is 7.49. The van der Waals surface area contributed by atoms with E-state index in [9.17, 15) is 4.79 Å². The third-order valence-corrected chi connectivity index (χ3v) is 4.01. The average Bonchev–Trinajstić information content (AvgIpc) is 2.55. The third-order valence-electron chi connectivity index (χ3n) is 4.01. The summed E-state index contributed by atoms with van der Waals surface area (Å²) in [5.74, 6) is 1.31. The zero-order chi connectivity index (χ0) is 15.2. The van der Waals surface area contributed by atoms with Crippen molar-refractivity contribution in [1.29, 1.82) is 0 Å². The molecule has 0 spiro atoms. The summed E-state index contributed by atoms with van der Waals surface area (Å²) in [7, 11) is 3.19. The molecule has 0 aliphatic carbocycles. The Kier molecular flexibility index (Phi) is 5.31. The van der Waals surface area contributed by atoms with Crippen molar-refractivity contribution >= 4 is 11.7 Å². The van der Waals surface area contributed by atoms with E-state index in [0.29, 0.717) is 23.2 Å². The lowest BCUT2D eigenvalue weighted by Crippen LogP contribution is -2.45. The number of piperidine rings is 1. The number of benzene rings is 1. The average molecular weight is 292 g/mol. The van der Waals surface area contributed by atoms with Gasteiger partial charge in [-0.05, 0) is 37.8 Å². The highest BCUT2D eigenvalue weighted by Gasteiger charge is 2.25. The van der Waals surface area contributed by atoms with E-state index in [1.165, 1.54) is 6.42 Å².